The van der Waals surface area contributed by atoms with Gasteiger partial charge in [-0.25, -0.2) is 4.79 Å². The Kier molecular flexibility index (Phi) is 11.6. The lowest BCUT2D eigenvalue weighted by atomic mass is 9.97. The second kappa shape index (κ2) is 13.4. The summed E-state index contributed by atoms with van der Waals surface area (Å²) in [4.78, 5) is 49.0. The molecule has 0 saturated heterocycles. The number of rotatable bonds is 10. The molecule has 1 aromatic carbocycles. The maximum absolute atomic E-state index is 12.5. The molecule has 0 spiro atoms. The molecule has 208 valence electrons. The van der Waals surface area contributed by atoms with E-state index in [0.717, 1.165) is 0 Å². The van der Waals surface area contributed by atoms with E-state index in [1.807, 2.05) is 6.92 Å². The summed E-state index contributed by atoms with van der Waals surface area (Å²) >= 11 is 0. The maximum atomic E-state index is 12.5. The molecular weight excluding hydrogens is 482 g/mol. The molecule has 0 amide bonds. The Balaban J connectivity index is 2.90. The smallest absolute Gasteiger partial charge is 0.458 e. The average Bonchev–Trinajstić information content (AvgIpc) is 2.77. The van der Waals surface area contributed by atoms with Crippen LogP contribution in [0.2, 0.25) is 0 Å². The highest BCUT2D eigenvalue weighted by molar-refractivity contribution is 5.81. The number of nitrogens with two attached hydrogens (primary N) is 1. The molecule has 10 nitrogen and oxygen atoms in total. The largest absolute Gasteiger partial charge is 0.508 e. The third-order valence-electron chi connectivity index (χ3n) is 5.02. The number of ether oxygens (including phenoxy) is 5. The van der Waals surface area contributed by atoms with Crippen molar-refractivity contribution in [1.82, 2.24) is 0 Å². The van der Waals surface area contributed by atoms with Crippen LogP contribution in [0, 0.1) is 10.8 Å². The van der Waals surface area contributed by atoms with E-state index < -0.39 is 47.0 Å². The van der Waals surface area contributed by atoms with Gasteiger partial charge >= 0.3 is 24.1 Å². The molecule has 0 bridgehead atoms. The SMILES string of the molecule is CCC(C)OC(=O)OC[C@H](C)OC(=O)[C@@H](N)Cc1ccc(OC(=O)C(C)(C)C)c(OC(=O)C(C)(C)C)c1. The normalized spacial score (nSPS) is 14.1. The Hall–Kier alpha value is -3.14. The van der Waals surface area contributed by atoms with Gasteiger partial charge in [0, 0.05) is 0 Å². The minimum Gasteiger partial charge on any atom is -0.458 e. The molecule has 10 heteroatoms. The maximum Gasteiger partial charge on any atom is 0.508 e. The summed E-state index contributed by atoms with van der Waals surface area (Å²) in [6.07, 6.45) is -1.17. The standard InChI is InChI=1S/C27H41NO9/c1-10-16(2)35-25(32)33-15-17(3)34-22(29)19(28)13-18-11-12-20(36-23(30)26(4,5)6)21(14-18)37-24(31)27(7,8)9/h11-12,14,16-17,19H,10,13,15,28H2,1-9H3/t16?,17-,19-/m0/s1. The molecule has 1 rings (SSSR count). The molecule has 0 radical (unpaired) electrons. The fraction of sp³-hybridized carbons (Fsp3) is 0.630. The highest BCUT2D eigenvalue weighted by Gasteiger charge is 2.29. The van der Waals surface area contributed by atoms with Crippen LogP contribution in [0.5, 0.6) is 11.5 Å². The Morgan fingerprint density at radius 2 is 1.38 bits per heavy atom. The molecule has 0 aliphatic carbocycles. The second-order valence-corrected chi connectivity index (χ2v) is 11.0. The monoisotopic (exact) mass is 523 g/mol. The third kappa shape index (κ3) is 11.2. The minimum absolute atomic E-state index is 0.0391. The third-order valence-corrected chi connectivity index (χ3v) is 5.02. The molecule has 0 fully saturated rings. The van der Waals surface area contributed by atoms with Gasteiger partial charge in [0.05, 0.1) is 10.8 Å². The second-order valence-electron chi connectivity index (χ2n) is 11.0. The summed E-state index contributed by atoms with van der Waals surface area (Å²) in [6, 6.07) is 3.55. The van der Waals surface area contributed by atoms with Gasteiger partial charge in [-0.05, 0) is 85.9 Å². The summed E-state index contributed by atoms with van der Waals surface area (Å²) in [5.41, 5.74) is 5.01. The van der Waals surface area contributed by atoms with E-state index in [-0.39, 0.29) is 30.6 Å². The van der Waals surface area contributed by atoms with Crippen LogP contribution in [0.1, 0.15) is 74.3 Å². The number of esters is 3. The van der Waals surface area contributed by atoms with Crippen molar-refractivity contribution in [3.05, 3.63) is 23.8 Å². The summed E-state index contributed by atoms with van der Waals surface area (Å²) in [6.45, 7) is 15.2. The van der Waals surface area contributed by atoms with Gasteiger partial charge in [0.15, 0.2) is 11.5 Å². The number of hydrogen-bond acceptors (Lipinski definition) is 10. The number of hydrogen-bond donors (Lipinski definition) is 1. The Labute approximate surface area is 219 Å². The van der Waals surface area contributed by atoms with Crippen LogP contribution in [0.3, 0.4) is 0 Å². The summed E-state index contributed by atoms with van der Waals surface area (Å²) in [7, 11) is 0. The van der Waals surface area contributed by atoms with Gasteiger partial charge < -0.3 is 29.4 Å². The van der Waals surface area contributed by atoms with E-state index >= 15 is 0 Å². The summed E-state index contributed by atoms with van der Waals surface area (Å²) in [5, 5.41) is 0. The molecule has 0 heterocycles. The molecule has 0 saturated carbocycles. The highest BCUT2D eigenvalue weighted by Crippen LogP contribution is 2.33. The van der Waals surface area contributed by atoms with Crippen LogP contribution in [0.25, 0.3) is 0 Å². The van der Waals surface area contributed by atoms with Gasteiger partial charge in [-0.15, -0.1) is 0 Å². The molecule has 37 heavy (non-hydrogen) atoms. The minimum atomic E-state index is -1.05. The van der Waals surface area contributed by atoms with Crippen molar-refractivity contribution in [2.45, 2.75) is 93.4 Å². The number of benzene rings is 1. The van der Waals surface area contributed by atoms with Crippen LogP contribution in [0.4, 0.5) is 4.79 Å². The molecular formula is C27H41NO9. The lowest BCUT2D eigenvalue weighted by Crippen LogP contribution is -2.37. The first-order chi connectivity index (χ1) is 16.9. The van der Waals surface area contributed by atoms with Crippen LogP contribution in [0.15, 0.2) is 18.2 Å². The number of carbonyl (C=O) groups excluding carboxylic acids is 4. The van der Waals surface area contributed by atoms with Crippen molar-refractivity contribution in [3.63, 3.8) is 0 Å². The van der Waals surface area contributed by atoms with Gasteiger partial charge in [0.2, 0.25) is 0 Å². The summed E-state index contributed by atoms with van der Waals surface area (Å²) < 4.78 is 26.2. The van der Waals surface area contributed by atoms with E-state index in [1.54, 1.807) is 61.5 Å². The molecule has 1 aromatic rings. The first kappa shape index (κ1) is 31.9. The lowest BCUT2D eigenvalue weighted by Gasteiger charge is -2.21. The van der Waals surface area contributed by atoms with Crippen LogP contribution in [-0.2, 0) is 35.0 Å². The van der Waals surface area contributed by atoms with Crippen molar-refractivity contribution >= 4 is 24.1 Å². The average molecular weight is 524 g/mol. The fourth-order valence-electron chi connectivity index (χ4n) is 2.47. The topological polar surface area (TPSA) is 140 Å². The first-order valence-corrected chi connectivity index (χ1v) is 12.3. The van der Waals surface area contributed by atoms with Crippen LogP contribution >= 0.6 is 0 Å². The molecule has 0 aromatic heterocycles. The predicted molar refractivity (Wildman–Crippen MR) is 136 cm³/mol. The van der Waals surface area contributed by atoms with Gasteiger partial charge in [-0.1, -0.05) is 13.0 Å². The van der Waals surface area contributed by atoms with Gasteiger partial charge in [0.1, 0.15) is 24.9 Å². The molecule has 3 atom stereocenters. The quantitative estimate of drug-likeness (QED) is 0.348. The first-order valence-electron chi connectivity index (χ1n) is 12.3. The van der Waals surface area contributed by atoms with Gasteiger partial charge in [-0.3, -0.25) is 14.4 Å². The molecule has 2 N–H and O–H groups in total. The lowest BCUT2D eigenvalue weighted by molar-refractivity contribution is -0.152. The van der Waals surface area contributed by atoms with E-state index in [2.05, 4.69) is 0 Å². The van der Waals surface area contributed by atoms with Crippen molar-refractivity contribution in [2.75, 3.05) is 6.61 Å². The van der Waals surface area contributed by atoms with E-state index in [1.165, 1.54) is 12.1 Å². The molecule has 0 aliphatic rings. The zero-order valence-corrected chi connectivity index (χ0v) is 23.3. The van der Waals surface area contributed by atoms with Crippen molar-refractivity contribution in [3.8, 4) is 11.5 Å². The Morgan fingerprint density at radius 1 is 0.838 bits per heavy atom. The number of carbonyl (C=O) groups is 4. The van der Waals surface area contributed by atoms with Gasteiger partial charge in [0.25, 0.3) is 0 Å². The van der Waals surface area contributed by atoms with Crippen LogP contribution in [-0.4, -0.2) is 48.9 Å². The molecule has 0 aliphatic heterocycles. The van der Waals surface area contributed by atoms with E-state index in [0.29, 0.717) is 12.0 Å². The predicted octanol–water partition coefficient (Wildman–Crippen LogP) is 4.34. The molecule has 1 unspecified atom stereocenters. The van der Waals surface area contributed by atoms with Gasteiger partial charge in [-0.2, -0.15) is 0 Å². The Morgan fingerprint density at radius 3 is 1.89 bits per heavy atom. The zero-order valence-electron chi connectivity index (χ0n) is 23.3. The zero-order chi connectivity index (χ0) is 28.6. The van der Waals surface area contributed by atoms with Crippen LogP contribution < -0.4 is 15.2 Å². The highest BCUT2D eigenvalue weighted by atomic mass is 16.7. The Bertz CT molecular complexity index is 960. The van der Waals surface area contributed by atoms with Crippen molar-refractivity contribution in [1.29, 1.82) is 0 Å². The van der Waals surface area contributed by atoms with Crippen molar-refractivity contribution < 1.29 is 42.9 Å². The van der Waals surface area contributed by atoms with E-state index in [4.69, 9.17) is 29.4 Å². The summed E-state index contributed by atoms with van der Waals surface area (Å²) in [5.74, 6) is -1.62. The van der Waals surface area contributed by atoms with E-state index in [9.17, 15) is 19.2 Å². The fourth-order valence-corrected chi connectivity index (χ4v) is 2.47. The van der Waals surface area contributed by atoms with Crippen molar-refractivity contribution in [2.24, 2.45) is 16.6 Å².